The van der Waals surface area contributed by atoms with E-state index in [4.69, 9.17) is 4.52 Å². The fraction of sp³-hybridized carbons (Fsp3) is 0.714. The van der Waals surface area contributed by atoms with Gasteiger partial charge in [-0.25, -0.2) is 0 Å². The molecule has 1 aromatic heterocycles. The molecule has 1 aliphatic rings. The van der Waals surface area contributed by atoms with Crippen molar-refractivity contribution in [2.75, 3.05) is 0 Å². The van der Waals surface area contributed by atoms with Crippen LogP contribution in [0.15, 0.2) is 4.52 Å². The zero-order valence-electron chi connectivity index (χ0n) is 11.6. The van der Waals surface area contributed by atoms with E-state index in [1.54, 1.807) is 0 Å². The Balaban J connectivity index is 1.81. The molecule has 0 spiro atoms. The molecule has 2 atom stereocenters. The predicted octanol–water partition coefficient (Wildman–Crippen LogP) is 1.64. The third kappa shape index (κ3) is 3.56. The second-order valence-electron chi connectivity index (χ2n) is 5.33. The SMILES string of the molecule is Cc1noc(C)c1CCC(=O)N[C@H]1CCCC[C@@H]1O. The van der Waals surface area contributed by atoms with Gasteiger partial charge < -0.3 is 14.9 Å². The van der Waals surface area contributed by atoms with Crippen LogP contribution in [0, 0.1) is 13.8 Å². The largest absolute Gasteiger partial charge is 0.391 e. The number of nitrogens with zero attached hydrogens (tertiary/aromatic N) is 1. The Morgan fingerprint density at radius 1 is 1.42 bits per heavy atom. The van der Waals surface area contributed by atoms with E-state index >= 15 is 0 Å². The van der Waals surface area contributed by atoms with Crippen LogP contribution in [0.5, 0.6) is 0 Å². The number of aryl methyl sites for hydroxylation is 2. The van der Waals surface area contributed by atoms with Gasteiger partial charge in [0.2, 0.25) is 5.91 Å². The zero-order chi connectivity index (χ0) is 13.8. The van der Waals surface area contributed by atoms with Crippen LogP contribution in [-0.4, -0.2) is 28.3 Å². The van der Waals surface area contributed by atoms with Crippen molar-refractivity contribution < 1.29 is 14.4 Å². The normalized spacial score (nSPS) is 23.3. The molecule has 5 nitrogen and oxygen atoms in total. The molecule has 0 aliphatic heterocycles. The molecule has 19 heavy (non-hydrogen) atoms. The number of hydrogen-bond acceptors (Lipinski definition) is 4. The van der Waals surface area contributed by atoms with Crippen molar-refractivity contribution in [1.82, 2.24) is 10.5 Å². The third-order valence-corrected chi connectivity index (χ3v) is 3.86. The highest BCUT2D eigenvalue weighted by Crippen LogP contribution is 2.19. The molecule has 5 heteroatoms. The van der Waals surface area contributed by atoms with Gasteiger partial charge in [-0.1, -0.05) is 18.0 Å². The van der Waals surface area contributed by atoms with Gasteiger partial charge in [0, 0.05) is 12.0 Å². The van der Waals surface area contributed by atoms with Crippen LogP contribution in [0.25, 0.3) is 0 Å². The van der Waals surface area contributed by atoms with Gasteiger partial charge in [0.05, 0.1) is 17.8 Å². The molecule has 1 saturated carbocycles. The Labute approximate surface area is 113 Å². The standard InChI is InChI=1S/C14H22N2O3/c1-9-11(10(2)19-16-9)7-8-14(18)15-12-5-3-4-6-13(12)17/h12-13,17H,3-8H2,1-2H3,(H,15,18)/t12-,13-/m0/s1. The molecule has 1 amide bonds. The van der Waals surface area contributed by atoms with Crippen LogP contribution in [-0.2, 0) is 11.2 Å². The van der Waals surface area contributed by atoms with Crippen molar-refractivity contribution in [3.63, 3.8) is 0 Å². The van der Waals surface area contributed by atoms with Crippen LogP contribution >= 0.6 is 0 Å². The average molecular weight is 266 g/mol. The highest BCUT2D eigenvalue weighted by molar-refractivity contribution is 5.76. The lowest BCUT2D eigenvalue weighted by Gasteiger charge is -2.28. The van der Waals surface area contributed by atoms with Gasteiger partial charge in [0.15, 0.2) is 0 Å². The number of nitrogens with one attached hydrogen (secondary N) is 1. The van der Waals surface area contributed by atoms with E-state index in [1.807, 2.05) is 13.8 Å². The molecule has 0 aromatic carbocycles. The van der Waals surface area contributed by atoms with Crippen molar-refractivity contribution in [3.8, 4) is 0 Å². The number of aliphatic hydroxyl groups is 1. The minimum Gasteiger partial charge on any atom is -0.391 e. The maximum absolute atomic E-state index is 11.9. The van der Waals surface area contributed by atoms with E-state index < -0.39 is 6.10 Å². The number of aliphatic hydroxyl groups excluding tert-OH is 1. The number of carbonyl (C=O) groups excluding carboxylic acids is 1. The van der Waals surface area contributed by atoms with Crippen LogP contribution < -0.4 is 5.32 Å². The van der Waals surface area contributed by atoms with Crippen LogP contribution in [0.2, 0.25) is 0 Å². The van der Waals surface area contributed by atoms with Gasteiger partial charge in [-0.2, -0.15) is 0 Å². The summed E-state index contributed by atoms with van der Waals surface area (Å²) in [6, 6.07) is -0.0779. The minimum absolute atomic E-state index is 0.00838. The Morgan fingerprint density at radius 3 is 2.79 bits per heavy atom. The summed E-state index contributed by atoms with van der Waals surface area (Å²) in [4.78, 5) is 11.9. The molecule has 0 unspecified atom stereocenters. The molecule has 2 N–H and O–H groups in total. The summed E-state index contributed by atoms with van der Waals surface area (Å²) in [5.74, 6) is 0.772. The average Bonchev–Trinajstić information content (AvgIpc) is 2.70. The molecule has 0 bridgehead atoms. The lowest BCUT2D eigenvalue weighted by atomic mass is 9.92. The van der Waals surface area contributed by atoms with Gasteiger partial charge in [-0.05, 0) is 33.1 Å². The second kappa shape index (κ2) is 6.19. The maximum Gasteiger partial charge on any atom is 0.220 e. The van der Waals surface area contributed by atoms with Crippen molar-refractivity contribution in [1.29, 1.82) is 0 Å². The van der Waals surface area contributed by atoms with E-state index in [-0.39, 0.29) is 11.9 Å². The van der Waals surface area contributed by atoms with E-state index in [2.05, 4.69) is 10.5 Å². The quantitative estimate of drug-likeness (QED) is 0.868. The summed E-state index contributed by atoms with van der Waals surface area (Å²) in [5.41, 5.74) is 1.86. The first-order valence-electron chi connectivity index (χ1n) is 6.97. The summed E-state index contributed by atoms with van der Waals surface area (Å²) in [7, 11) is 0. The topological polar surface area (TPSA) is 75.4 Å². The number of hydrogen-bond donors (Lipinski definition) is 2. The van der Waals surface area contributed by atoms with Crippen molar-refractivity contribution in [3.05, 3.63) is 17.0 Å². The van der Waals surface area contributed by atoms with Crippen LogP contribution in [0.4, 0.5) is 0 Å². The molecule has 2 rings (SSSR count). The lowest BCUT2D eigenvalue weighted by Crippen LogP contribution is -2.45. The third-order valence-electron chi connectivity index (χ3n) is 3.86. The van der Waals surface area contributed by atoms with Crippen LogP contribution in [0.3, 0.4) is 0 Å². The molecule has 1 fully saturated rings. The second-order valence-corrected chi connectivity index (χ2v) is 5.33. The molecule has 1 heterocycles. The van der Waals surface area contributed by atoms with Crippen LogP contribution in [0.1, 0.15) is 49.1 Å². The van der Waals surface area contributed by atoms with Crippen molar-refractivity contribution in [2.45, 2.75) is 64.5 Å². The highest BCUT2D eigenvalue weighted by Gasteiger charge is 2.24. The fourth-order valence-electron chi connectivity index (χ4n) is 2.66. The Bertz CT molecular complexity index is 422. The number of amides is 1. The molecule has 106 valence electrons. The summed E-state index contributed by atoms with van der Waals surface area (Å²) in [6.45, 7) is 3.74. The highest BCUT2D eigenvalue weighted by atomic mass is 16.5. The van der Waals surface area contributed by atoms with Gasteiger partial charge in [0.1, 0.15) is 5.76 Å². The summed E-state index contributed by atoms with van der Waals surface area (Å²) in [6.07, 6.45) is 4.43. The summed E-state index contributed by atoms with van der Waals surface area (Å²) < 4.78 is 5.07. The minimum atomic E-state index is -0.392. The van der Waals surface area contributed by atoms with Gasteiger partial charge in [0.25, 0.3) is 0 Å². The number of rotatable bonds is 4. The van der Waals surface area contributed by atoms with Gasteiger partial charge >= 0.3 is 0 Å². The van der Waals surface area contributed by atoms with E-state index in [0.29, 0.717) is 12.8 Å². The smallest absolute Gasteiger partial charge is 0.220 e. The molecular formula is C14H22N2O3. The Morgan fingerprint density at radius 2 is 2.16 bits per heavy atom. The van der Waals surface area contributed by atoms with Gasteiger partial charge in [-0.15, -0.1) is 0 Å². The Kier molecular flexibility index (Phi) is 4.58. The molecule has 1 aliphatic carbocycles. The summed E-state index contributed by atoms with van der Waals surface area (Å²) in [5, 5.41) is 16.6. The maximum atomic E-state index is 11.9. The Hall–Kier alpha value is -1.36. The monoisotopic (exact) mass is 266 g/mol. The zero-order valence-corrected chi connectivity index (χ0v) is 11.6. The van der Waals surface area contributed by atoms with E-state index in [9.17, 15) is 9.90 Å². The number of carbonyl (C=O) groups is 1. The van der Waals surface area contributed by atoms with E-state index in [1.165, 1.54) is 0 Å². The molecular weight excluding hydrogens is 244 g/mol. The predicted molar refractivity (Wildman–Crippen MR) is 70.7 cm³/mol. The summed E-state index contributed by atoms with van der Waals surface area (Å²) >= 11 is 0. The van der Waals surface area contributed by atoms with Gasteiger partial charge in [-0.3, -0.25) is 4.79 Å². The fourth-order valence-corrected chi connectivity index (χ4v) is 2.66. The van der Waals surface area contributed by atoms with E-state index in [0.717, 1.165) is 42.7 Å². The molecule has 0 saturated heterocycles. The molecule has 0 radical (unpaired) electrons. The molecule has 1 aromatic rings. The van der Waals surface area contributed by atoms with Crippen molar-refractivity contribution >= 4 is 5.91 Å². The first-order valence-corrected chi connectivity index (χ1v) is 6.97. The lowest BCUT2D eigenvalue weighted by molar-refractivity contribution is -0.123. The van der Waals surface area contributed by atoms with Crippen molar-refractivity contribution in [2.24, 2.45) is 0 Å². The first kappa shape index (κ1) is 14.1. The first-order chi connectivity index (χ1) is 9.08. The number of aromatic nitrogens is 1.